The largest absolute Gasteiger partial charge is 0.481 e. The van der Waals surface area contributed by atoms with Crippen LogP contribution in [0.2, 0.25) is 0 Å². The van der Waals surface area contributed by atoms with Gasteiger partial charge in [-0.1, -0.05) is 6.92 Å². The van der Waals surface area contributed by atoms with Crippen molar-refractivity contribution in [3.05, 3.63) is 0 Å². The highest BCUT2D eigenvalue weighted by Gasteiger charge is 2.45. The van der Waals surface area contributed by atoms with Gasteiger partial charge in [-0.25, -0.2) is 4.79 Å². The first-order valence-electron chi connectivity index (χ1n) is 7.40. The van der Waals surface area contributed by atoms with Crippen LogP contribution in [0.1, 0.15) is 32.6 Å². The zero-order valence-electron chi connectivity index (χ0n) is 12.0. The number of amides is 2. The van der Waals surface area contributed by atoms with E-state index in [2.05, 4.69) is 0 Å². The van der Waals surface area contributed by atoms with E-state index >= 15 is 0 Å². The molecule has 0 spiro atoms. The molecule has 1 unspecified atom stereocenters. The molecule has 2 aliphatic rings. The van der Waals surface area contributed by atoms with Crippen LogP contribution < -0.4 is 0 Å². The lowest BCUT2D eigenvalue weighted by molar-refractivity contribution is -0.148. The minimum Gasteiger partial charge on any atom is -0.481 e. The maximum atomic E-state index is 12.4. The normalized spacial score (nSPS) is 27.9. The first-order chi connectivity index (χ1) is 9.52. The Morgan fingerprint density at radius 1 is 1.20 bits per heavy atom. The summed E-state index contributed by atoms with van der Waals surface area (Å²) in [6.07, 6.45) is 2.75. The van der Waals surface area contributed by atoms with Crippen LogP contribution in [-0.4, -0.2) is 64.8 Å². The van der Waals surface area contributed by atoms with Gasteiger partial charge in [0.25, 0.3) is 0 Å². The Labute approximate surface area is 119 Å². The van der Waals surface area contributed by atoms with Crippen LogP contribution in [0.15, 0.2) is 0 Å². The molecule has 0 aromatic rings. The van der Waals surface area contributed by atoms with Gasteiger partial charge in [0, 0.05) is 32.8 Å². The van der Waals surface area contributed by atoms with E-state index in [9.17, 15) is 14.7 Å². The Balaban J connectivity index is 1.93. The van der Waals surface area contributed by atoms with Crippen molar-refractivity contribution in [2.75, 3.05) is 32.8 Å². The van der Waals surface area contributed by atoms with Crippen LogP contribution in [0.5, 0.6) is 0 Å². The summed E-state index contributed by atoms with van der Waals surface area (Å²) in [5.41, 5.74) is -0.765. The third-order valence-corrected chi connectivity index (χ3v) is 4.90. The number of likely N-dealkylation sites (tertiary alicyclic amines) is 2. The van der Waals surface area contributed by atoms with E-state index in [-0.39, 0.29) is 12.6 Å². The maximum Gasteiger partial charge on any atom is 0.320 e. The molecule has 0 aliphatic carbocycles. The summed E-state index contributed by atoms with van der Waals surface area (Å²) in [4.78, 5) is 27.3. The van der Waals surface area contributed by atoms with Crippen molar-refractivity contribution in [3.8, 4) is 0 Å². The van der Waals surface area contributed by atoms with Crippen molar-refractivity contribution < 1.29 is 19.8 Å². The Kier molecular flexibility index (Phi) is 4.52. The Bertz CT molecular complexity index is 379. The molecule has 1 atom stereocenters. The van der Waals surface area contributed by atoms with Gasteiger partial charge in [0.1, 0.15) is 0 Å². The van der Waals surface area contributed by atoms with Crippen LogP contribution in [0.25, 0.3) is 0 Å². The molecule has 2 N–H and O–H groups in total. The van der Waals surface area contributed by atoms with E-state index in [0.29, 0.717) is 44.9 Å². The van der Waals surface area contributed by atoms with Crippen molar-refractivity contribution in [2.45, 2.75) is 32.6 Å². The highest BCUT2D eigenvalue weighted by molar-refractivity contribution is 5.79. The Hall–Kier alpha value is -1.30. The molecule has 6 heteroatoms. The van der Waals surface area contributed by atoms with Gasteiger partial charge in [-0.15, -0.1) is 0 Å². The van der Waals surface area contributed by atoms with Crippen LogP contribution >= 0.6 is 0 Å². The van der Waals surface area contributed by atoms with Gasteiger partial charge in [0.05, 0.1) is 5.41 Å². The van der Waals surface area contributed by atoms with Gasteiger partial charge in [0.15, 0.2) is 0 Å². The molecule has 2 fully saturated rings. The molecule has 0 aromatic carbocycles. The van der Waals surface area contributed by atoms with Crippen molar-refractivity contribution >= 4 is 12.0 Å². The quantitative estimate of drug-likeness (QED) is 0.810. The van der Waals surface area contributed by atoms with Crippen molar-refractivity contribution in [1.29, 1.82) is 0 Å². The zero-order valence-corrected chi connectivity index (χ0v) is 12.0. The highest BCUT2D eigenvalue weighted by atomic mass is 16.4. The summed E-state index contributed by atoms with van der Waals surface area (Å²) in [6.45, 7) is 4.22. The third kappa shape index (κ3) is 2.75. The summed E-state index contributed by atoms with van der Waals surface area (Å²) in [5.74, 6) is -0.499. The van der Waals surface area contributed by atoms with Crippen LogP contribution in [0.4, 0.5) is 4.79 Å². The lowest BCUT2D eigenvalue weighted by atomic mass is 9.84. The molecular formula is C14H24N2O4. The van der Waals surface area contributed by atoms with Crippen molar-refractivity contribution in [2.24, 2.45) is 11.3 Å². The average molecular weight is 284 g/mol. The molecule has 0 radical (unpaired) electrons. The van der Waals surface area contributed by atoms with E-state index in [1.54, 1.807) is 9.80 Å². The van der Waals surface area contributed by atoms with Crippen LogP contribution in [0.3, 0.4) is 0 Å². The molecule has 2 amide bonds. The van der Waals surface area contributed by atoms with Gasteiger partial charge in [-0.3, -0.25) is 4.79 Å². The Morgan fingerprint density at radius 2 is 1.85 bits per heavy atom. The van der Waals surface area contributed by atoms with Crippen LogP contribution in [0, 0.1) is 11.3 Å². The van der Waals surface area contributed by atoms with E-state index in [0.717, 1.165) is 12.8 Å². The number of hydrogen-bond donors (Lipinski definition) is 2. The van der Waals surface area contributed by atoms with Crippen LogP contribution in [-0.2, 0) is 4.79 Å². The second-order valence-corrected chi connectivity index (χ2v) is 6.01. The summed E-state index contributed by atoms with van der Waals surface area (Å²) in [7, 11) is 0. The fraction of sp³-hybridized carbons (Fsp3) is 0.857. The second kappa shape index (κ2) is 5.99. The minimum atomic E-state index is -0.797. The molecule has 114 valence electrons. The van der Waals surface area contributed by atoms with Gasteiger partial charge in [0.2, 0.25) is 0 Å². The lowest BCUT2D eigenvalue weighted by Crippen LogP contribution is -2.47. The number of hydrogen-bond acceptors (Lipinski definition) is 3. The third-order valence-electron chi connectivity index (χ3n) is 4.90. The van der Waals surface area contributed by atoms with Crippen molar-refractivity contribution in [1.82, 2.24) is 9.80 Å². The number of aliphatic carboxylic acids is 1. The lowest BCUT2D eigenvalue weighted by Gasteiger charge is -2.34. The molecule has 0 aromatic heterocycles. The molecule has 20 heavy (non-hydrogen) atoms. The highest BCUT2D eigenvalue weighted by Crippen LogP contribution is 2.35. The molecule has 6 nitrogen and oxygen atoms in total. The van der Waals surface area contributed by atoms with Crippen molar-refractivity contribution in [3.63, 3.8) is 0 Å². The van der Waals surface area contributed by atoms with Gasteiger partial charge in [-0.2, -0.15) is 0 Å². The number of nitrogens with zero attached hydrogens (tertiary/aromatic N) is 2. The predicted molar refractivity (Wildman–Crippen MR) is 73.3 cm³/mol. The zero-order chi connectivity index (χ0) is 14.8. The molecule has 2 aliphatic heterocycles. The fourth-order valence-corrected chi connectivity index (χ4v) is 3.16. The number of rotatable bonds is 3. The first-order valence-corrected chi connectivity index (χ1v) is 7.40. The first kappa shape index (κ1) is 15.1. The second-order valence-electron chi connectivity index (χ2n) is 6.01. The van der Waals surface area contributed by atoms with E-state index in [1.807, 2.05) is 6.92 Å². The number of aliphatic hydroxyl groups is 1. The topological polar surface area (TPSA) is 81.1 Å². The Morgan fingerprint density at radius 3 is 2.30 bits per heavy atom. The summed E-state index contributed by atoms with van der Waals surface area (Å²) >= 11 is 0. The molecular weight excluding hydrogens is 260 g/mol. The molecule has 2 saturated heterocycles. The summed E-state index contributed by atoms with van der Waals surface area (Å²) in [5, 5.41) is 18.5. The maximum absolute atomic E-state index is 12.4. The number of carbonyl (C=O) groups excluding carboxylic acids is 1. The number of carboxylic acid groups (broad SMARTS) is 1. The molecule has 2 heterocycles. The number of aliphatic hydroxyl groups excluding tert-OH is 1. The minimum absolute atomic E-state index is 0.0436. The summed E-state index contributed by atoms with van der Waals surface area (Å²) < 4.78 is 0. The summed E-state index contributed by atoms with van der Waals surface area (Å²) in [6, 6.07) is -0.0436. The predicted octanol–water partition coefficient (Wildman–Crippen LogP) is 0.997. The fourth-order valence-electron chi connectivity index (χ4n) is 3.16. The van der Waals surface area contributed by atoms with Gasteiger partial charge >= 0.3 is 12.0 Å². The number of carbonyl (C=O) groups is 2. The SMILES string of the molecule is CCC1(C(=O)O)CCN(C(=O)N2CCC(CO)CC2)C1. The number of carboxylic acids is 1. The molecule has 0 bridgehead atoms. The monoisotopic (exact) mass is 284 g/mol. The van der Waals surface area contributed by atoms with E-state index < -0.39 is 11.4 Å². The number of piperidine rings is 1. The van der Waals surface area contributed by atoms with Gasteiger partial charge < -0.3 is 20.0 Å². The standard InChI is InChI=1S/C14H24N2O4/c1-2-14(12(18)19)5-8-16(10-14)13(20)15-6-3-11(9-17)4-7-15/h11,17H,2-10H2,1H3,(H,18,19). The van der Waals surface area contributed by atoms with Gasteiger partial charge in [-0.05, 0) is 31.6 Å². The van der Waals surface area contributed by atoms with E-state index in [4.69, 9.17) is 5.11 Å². The number of urea groups is 1. The smallest absolute Gasteiger partial charge is 0.320 e. The average Bonchev–Trinajstić information content (AvgIpc) is 2.92. The van der Waals surface area contributed by atoms with E-state index in [1.165, 1.54) is 0 Å². The molecule has 2 rings (SSSR count). The molecule has 0 saturated carbocycles.